The summed E-state index contributed by atoms with van der Waals surface area (Å²) in [4.78, 5) is 24.0. The van der Waals surface area contributed by atoms with Crippen molar-refractivity contribution in [2.45, 2.75) is 77.9 Å². The molecule has 0 spiro atoms. The Bertz CT molecular complexity index is 1030. The van der Waals surface area contributed by atoms with Crippen LogP contribution in [-0.4, -0.2) is 51.8 Å². The molecule has 3 rings (SSSR count). The Morgan fingerprint density at radius 2 is 1.97 bits per heavy atom. The normalized spacial score (nSPS) is 18.9. The largest absolute Gasteiger partial charge is 0.445 e. The van der Waals surface area contributed by atoms with Crippen LogP contribution < -0.4 is 10.6 Å². The van der Waals surface area contributed by atoms with Gasteiger partial charge in [0.2, 0.25) is 5.91 Å². The van der Waals surface area contributed by atoms with E-state index in [4.69, 9.17) is 9.47 Å². The van der Waals surface area contributed by atoms with Gasteiger partial charge in [-0.05, 0) is 51.5 Å². The lowest BCUT2D eigenvalue weighted by Gasteiger charge is -2.22. The van der Waals surface area contributed by atoms with Crippen LogP contribution in [0.3, 0.4) is 0 Å². The van der Waals surface area contributed by atoms with Crippen LogP contribution in [-0.2, 0) is 20.9 Å². The molecule has 9 heteroatoms. The lowest BCUT2D eigenvalue weighted by molar-refractivity contribution is -0.129. The van der Waals surface area contributed by atoms with Crippen LogP contribution in [0.5, 0.6) is 0 Å². The molecule has 4 atom stereocenters. The predicted octanol–water partition coefficient (Wildman–Crippen LogP) is 3.22. The molecule has 0 aliphatic carbocycles. The molecule has 0 bridgehead atoms. The maximum Gasteiger partial charge on any atom is 0.408 e. The molecule has 1 fully saturated rings. The molecule has 35 heavy (non-hydrogen) atoms. The summed E-state index contributed by atoms with van der Waals surface area (Å²) < 4.78 is 13.1. The van der Waals surface area contributed by atoms with Crippen molar-refractivity contribution in [3.63, 3.8) is 0 Å². The number of amides is 2. The Kier molecular flexibility index (Phi) is 9.67. The first-order valence-electron chi connectivity index (χ1n) is 12.1. The van der Waals surface area contributed by atoms with E-state index in [1.54, 1.807) is 10.9 Å². The Labute approximate surface area is 206 Å². The minimum absolute atomic E-state index is 0.0390. The first kappa shape index (κ1) is 26.2. The van der Waals surface area contributed by atoms with Crippen molar-refractivity contribution in [3.05, 3.63) is 47.8 Å². The second kappa shape index (κ2) is 12.9. The highest BCUT2D eigenvalue weighted by molar-refractivity contribution is 5.79. The molecule has 2 amide bonds. The topological polar surface area (TPSA) is 107 Å². The molecular formula is C26H35N5O4. The molecule has 1 saturated heterocycles. The Hall–Kier alpha value is -3.38. The third-order valence-electron chi connectivity index (χ3n) is 5.86. The second-order valence-electron chi connectivity index (χ2n) is 9.21. The quantitative estimate of drug-likeness (QED) is 0.533. The lowest BCUT2D eigenvalue weighted by Crippen LogP contribution is -2.39. The first-order valence-corrected chi connectivity index (χ1v) is 12.1. The number of nitrogens with one attached hydrogen (secondary N) is 2. The minimum Gasteiger partial charge on any atom is -0.445 e. The zero-order valence-electron chi connectivity index (χ0n) is 20.9. The van der Waals surface area contributed by atoms with Crippen molar-refractivity contribution >= 4 is 12.0 Å². The van der Waals surface area contributed by atoms with Gasteiger partial charge in [0.1, 0.15) is 6.61 Å². The van der Waals surface area contributed by atoms with Gasteiger partial charge in [-0.25, -0.2) is 9.48 Å². The van der Waals surface area contributed by atoms with E-state index in [0.717, 1.165) is 24.8 Å². The van der Waals surface area contributed by atoms with Crippen LogP contribution in [0.1, 0.15) is 64.3 Å². The molecule has 9 nitrogen and oxygen atoms in total. The van der Waals surface area contributed by atoms with Crippen LogP contribution in [0.25, 0.3) is 0 Å². The van der Waals surface area contributed by atoms with Gasteiger partial charge in [-0.15, -0.1) is 5.10 Å². The van der Waals surface area contributed by atoms with Gasteiger partial charge in [-0.1, -0.05) is 48.4 Å². The van der Waals surface area contributed by atoms with E-state index in [-0.39, 0.29) is 49.3 Å². The minimum atomic E-state index is -0.522. The number of carbonyl (C=O) groups excluding carboxylic acids is 2. The van der Waals surface area contributed by atoms with Gasteiger partial charge in [0.05, 0.1) is 36.9 Å². The van der Waals surface area contributed by atoms with Crippen molar-refractivity contribution in [2.24, 2.45) is 5.92 Å². The molecule has 1 aliphatic heterocycles. The summed E-state index contributed by atoms with van der Waals surface area (Å²) in [5, 5.41) is 13.8. The van der Waals surface area contributed by atoms with Gasteiger partial charge < -0.3 is 20.1 Å². The monoisotopic (exact) mass is 481 g/mol. The summed E-state index contributed by atoms with van der Waals surface area (Å²) in [6.45, 7) is 8.26. The van der Waals surface area contributed by atoms with Crippen LogP contribution in [0, 0.1) is 17.8 Å². The average molecular weight is 482 g/mol. The summed E-state index contributed by atoms with van der Waals surface area (Å²) in [6.07, 6.45) is 3.85. The van der Waals surface area contributed by atoms with Crippen LogP contribution in [0.15, 0.2) is 36.5 Å². The molecule has 2 N–H and O–H groups in total. The maximum absolute atomic E-state index is 12.3. The second-order valence-corrected chi connectivity index (χ2v) is 9.21. The first-order chi connectivity index (χ1) is 16.8. The average Bonchev–Trinajstić information content (AvgIpc) is 3.50. The van der Waals surface area contributed by atoms with Gasteiger partial charge in [-0.2, -0.15) is 0 Å². The van der Waals surface area contributed by atoms with Crippen molar-refractivity contribution in [3.8, 4) is 11.8 Å². The van der Waals surface area contributed by atoms with Gasteiger partial charge in [0.25, 0.3) is 0 Å². The fourth-order valence-corrected chi connectivity index (χ4v) is 3.92. The van der Waals surface area contributed by atoms with Crippen LogP contribution in [0.2, 0.25) is 0 Å². The van der Waals surface area contributed by atoms with E-state index in [9.17, 15) is 9.59 Å². The van der Waals surface area contributed by atoms with Gasteiger partial charge >= 0.3 is 6.09 Å². The molecule has 2 heterocycles. The SMILES string of the molecule is CC(C)NC(=O)[C@H](C)[C@H]1CC[C@@H](C[C@@H](C)n2cc(C#CCNC(=O)OCc3ccccc3)nn2)O1. The number of hydrogen-bond donors (Lipinski definition) is 2. The molecule has 1 aliphatic rings. The van der Waals surface area contributed by atoms with E-state index >= 15 is 0 Å². The third-order valence-corrected chi connectivity index (χ3v) is 5.86. The van der Waals surface area contributed by atoms with E-state index in [1.165, 1.54) is 0 Å². The smallest absolute Gasteiger partial charge is 0.408 e. The number of aromatic nitrogens is 3. The van der Waals surface area contributed by atoms with E-state index < -0.39 is 6.09 Å². The molecule has 0 saturated carbocycles. The summed E-state index contributed by atoms with van der Waals surface area (Å²) >= 11 is 0. The van der Waals surface area contributed by atoms with E-state index in [2.05, 4.69) is 39.7 Å². The highest BCUT2D eigenvalue weighted by Crippen LogP contribution is 2.30. The third kappa shape index (κ3) is 8.41. The number of ether oxygens (including phenoxy) is 2. The molecule has 1 aromatic carbocycles. The summed E-state index contributed by atoms with van der Waals surface area (Å²) in [7, 11) is 0. The predicted molar refractivity (Wildman–Crippen MR) is 131 cm³/mol. The molecule has 2 aromatic rings. The summed E-state index contributed by atoms with van der Waals surface area (Å²) in [6, 6.07) is 9.67. The molecule has 0 radical (unpaired) electrons. The van der Waals surface area contributed by atoms with Crippen LogP contribution in [0.4, 0.5) is 4.79 Å². The number of alkyl carbamates (subject to hydrolysis) is 1. The molecule has 0 unspecified atom stereocenters. The fraction of sp³-hybridized carbons (Fsp3) is 0.538. The lowest BCUT2D eigenvalue weighted by atomic mass is 10.00. The molecular weight excluding hydrogens is 446 g/mol. The number of nitrogens with zero attached hydrogens (tertiary/aromatic N) is 3. The van der Waals surface area contributed by atoms with E-state index in [0.29, 0.717) is 5.69 Å². The summed E-state index contributed by atoms with van der Waals surface area (Å²) in [5.41, 5.74) is 1.45. The number of hydrogen-bond acceptors (Lipinski definition) is 6. The zero-order valence-corrected chi connectivity index (χ0v) is 20.9. The fourth-order valence-electron chi connectivity index (χ4n) is 3.92. The number of carbonyl (C=O) groups is 2. The molecule has 1 aromatic heterocycles. The van der Waals surface area contributed by atoms with Crippen molar-refractivity contribution in [1.29, 1.82) is 0 Å². The zero-order chi connectivity index (χ0) is 25.2. The highest BCUT2D eigenvalue weighted by Gasteiger charge is 2.34. The maximum atomic E-state index is 12.3. The van der Waals surface area contributed by atoms with Crippen molar-refractivity contribution in [1.82, 2.24) is 25.6 Å². The number of benzene rings is 1. The Morgan fingerprint density at radius 1 is 1.20 bits per heavy atom. The molecule has 188 valence electrons. The number of rotatable bonds is 9. The van der Waals surface area contributed by atoms with Crippen LogP contribution >= 0.6 is 0 Å². The van der Waals surface area contributed by atoms with Crippen molar-refractivity contribution < 1.29 is 19.1 Å². The van der Waals surface area contributed by atoms with Gasteiger partial charge in [0, 0.05) is 6.04 Å². The van der Waals surface area contributed by atoms with Gasteiger partial charge in [0.15, 0.2) is 5.69 Å². The standard InChI is InChI=1S/C26H35N5O4/c1-18(2)28-25(32)20(4)24-13-12-23(35-24)15-19(3)31-16-22(29-30-31)11-8-14-27-26(33)34-17-21-9-6-5-7-10-21/h5-7,9-10,16,18-20,23-24H,12-15,17H2,1-4H3,(H,27,33)(H,28,32)/t19-,20-,23+,24-/m1/s1. The Balaban J connectivity index is 1.39. The van der Waals surface area contributed by atoms with Crippen molar-refractivity contribution in [2.75, 3.05) is 6.54 Å². The van der Waals surface area contributed by atoms with E-state index in [1.807, 2.05) is 51.1 Å². The Morgan fingerprint density at radius 3 is 2.71 bits per heavy atom. The van der Waals surface area contributed by atoms with Gasteiger partial charge in [-0.3, -0.25) is 4.79 Å². The summed E-state index contributed by atoms with van der Waals surface area (Å²) in [5.74, 6) is 5.63. The highest BCUT2D eigenvalue weighted by atomic mass is 16.5.